The second-order valence-electron chi connectivity index (χ2n) is 2.76. The summed E-state index contributed by atoms with van der Waals surface area (Å²) in [4.78, 5) is 0. The topological polar surface area (TPSA) is 9.23 Å². The van der Waals surface area contributed by atoms with E-state index in [0.29, 0.717) is 0 Å². The van der Waals surface area contributed by atoms with Crippen molar-refractivity contribution in [1.29, 1.82) is 3.70 Å². The van der Waals surface area contributed by atoms with E-state index in [2.05, 4.69) is 11.3 Å². The standard InChI is InChI=1S/C7H16OSi/c1-4-7(2,3)5-6-8-9/h5-6H,4H2,1-3,9H3/i9D3. The number of hydrogen-bond donors (Lipinski definition) is 0. The Labute approximate surface area is 64.3 Å². The number of rotatable bonds is 4. The molecule has 0 atom stereocenters. The molecule has 9 heavy (non-hydrogen) atoms. The monoisotopic (exact) mass is 147 g/mol. The lowest BCUT2D eigenvalue weighted by Crippen LogP contribution is -2.04. The first-order chi connectivity index (χ1) is 5.27. The quantitative estimate of drug-likeness (QED) is 0.429. The molecule has 54 valence electrons. The molecule has 0 radical (unpaired) electrons. The Balaban J connectivity index is 3.92. The summed E-state index contributed by atoms with van der Waals surface area (Å²) in [5.74, 6) is 0. The van der Waals surface area contributed by atoms with Crippen LogP contribution in [0, 0.1) is 5.41 Å². The van der Waals surface area contributed by atoms with Gasteiger partial charge in [-0.2, -0.15) is 0 Å². The van der Waals surface area contributed by atoms with E-state index in [0.717, 1.165) is 6.42 Å². The van der Waals surface area contributed by atoms with E-state index in [1.54, 1.807) is 6.08 Å². The summed E-state index contributed by atoms with van der Waals surface area (Å²) in [6.07, 6.45) is 4.09. The van der Waals surface area contributed by atoms with Crippen molar-refractivity contribution in [3.63, 3.8) is 0 Å². The molecule has 0 aromatic heterocycles. The molecule has 0 unspecified atom stereocenters. The van der Waals surface area contributed by atoms with Gasteiger partial charge in [-0.3, -0.25) is 0 Å². The number of allylic oxidation sites excluding steroid dienone is 1. The maximum Gasteiger partial charge on any atom is 0.203 e. The Morgan fingerprint density at radius 2 is 2.44 bits per heavy atom. The van der Waals surface area contributed by atoms with Crippen LogP contribution in [0.25, 0.3) is 0 Å². The fraction of sp³-hybridized carbons (Fsp3) is 0.714. The maximum absolute atomic E-state index is 6.90. The number of hydrogen-bond acceptors (Lipinski definition) is 1. The second-order valence-corrected chi connectivity index (χ2v) is 3.00. The normalized spacial score (nSPS) is 18.8. The van der Waals surface area contributed by atoms with Crippen molar-refractivity contribution in [3.05, 3.63) is 12.3 Å². The van der Waals surface area contributed by atoms with E-state index in [1.807, 2.05) is 13.8 Å². The third-order valence-corrected chi connectivity index (χ3v) is 1.63. The molecule has 1 nitrogen and oxygen atoms in total. The van der Waals surface area contributed by atoms with Crippen LogP contribution in [-0.4, -0.2) is 14.0 Å². The molecule has 0 N–H and O–H groups in total. The molecule has 0 aliphatic rings. The van der Waals surface area contributed by atoms with E-state index in [1.165, 1.54) is 6.26 Å². The fourth-order valence-corrected chi connectivity index (χ4v) is 0.404. The summed E-state index contributed by atoms with van der Waals surface area (Å²) in [7, 11) is -3.61. The van der Waals surface area contributed by atoms with Crippen LogP contribution in [-0.2, 0) is 4.43 Å². The zero-order chi connectivity index (χ0) is 9.83. The molecule has 0 saturated carbocycles. The van der Waals surface area contributed by atoms with Crippen LogP contribution < -0.4 is 0 Å². The van der Waals surface area contributed by atoms with Crippen LogP contribution in [0.15, 0.2) is 12.3 Å². The molecule has 0 aromatic rings. The van der Waals surface area contributed by atoms with Crippen LogP contribution in [0.5, 0.6) is 0 Å². The van der Waals surface area contributed by atoms with Crippen LogP contribution in [0.4, 0.5) is 0 Å². The summed E-state index contributed by atoms with van der Waals surface area (Å²) in [5, 5.41) is 0. The van der Waals surface area contributed by atoms with Gasteiger partial charge < -0.3 is 4.43 Å². The largest absolute Gasteiger partial charge is 0.559 e. The van der Waals surface area contributed by atoms with Crippen LogP contribution in [0.3, 0.4) is 0 Å². The van der Waals surface area contributed by atoms with Gasteiger partial charge >= 0.3 is 0 Å². The molecule has 0 aromatic carbocycles. The molecule has 2 heteroatoms. The molecule has 0 aliphatic carbocycles. The van der Waals surface area contributed by atoms with Gasteiger partial charge in [0.05, 0.1) is 9.97 Å². The van der Waals surface area contributed by atoms with Crippen molar-refractivity contribution in [2.45, 2.75) is 27.2 Å². The molecular formula is C7H16OSi. The predicted octanol–water partition coefficient (Wildman–Crippen LogP) is 1.23. The Bertz CT molecular complexity index is 163. The first-order valence-corrected chi connectivity index (χ1v) is 3.53. The Kier molecular flexibility index (Phi) is 1.88. The highest BCUT2D eigenvalue weighted by Crippen LogP contribution is 2.20. The van der Waals surface area contributed by atoms with Gasteiger partial charge in [-0.25, -0.2) is 0 Å². The van der Waals surface area contributed by atoms with Crippen LogP contribution >= 0.6 is 0 Å². The molecule has 0 aliphatic heterocycles. The Morgan fingerprint density at radius 1 is 1.78 bits per heavy atom. The Hall–Kier alpha value is -0.243. The summed E-state index contributed by atoms with van der Waals surface area (Å²) >= 11 is 0. The summed E-state index contributed by atoms with van der Waals surface area (Å²) in [6.45, 7) is 6.12. The zero-order valence-electron chi connectivity index (χ0n) is 9.27. The van der Waals surface area contributed by atoms with Crippen LogP contribution in [0.1, 0.15) is 27.2 Å². The summed E-state index contributed by atoms with van der Waals surface area (Å²) in [6, 6.07) is 0. The van der Waals surface area contributed by atoms with Gasteiger partial charge in [0.1, 0.15) is 0 Å². The lowest BCUT2D eigenvalue weighted by Gasteiger charge is -2.15. The van der Waals surface area contributed by atoms with Crippen LogP contribution in [0.2, 0.25) is 0 Å². The van der Waals surface area contributed by atoms with Crippen molar-refractivity contribution in [3.8, 4) is 0 Å². The average Bonchev–Trinajstić information content (AvgIpc) is 1.84. The highest BCUT2D eigenvalue weighted by molar-refractivity contribution is 5.98. The molecule has 0 heterocycles. The van der Waals surface area contributed by atoms with Gasteiger partial charge in [-0.05, 0) is 17.9 Å². The molecule has 0 fully saturated rings. The average molecular weight is 147 g/mol. The lowest BCUT2D eigenvalue weighted by molar-refractivity contribution is 0.438. The van der Waals surface area contributed by atoms with Crippen molar-refractivity contribution in [1.82, 2.24) is 0 Å². The first kappa shape index (κ1) is 4.55. The van der Waals surface area contributed by atoms with E-state index in [-0.39, 0.29) is 5.41 Å². The van der Waals surface area contributed by atoms with Crippen molar-refractivity contribution in [2.24, 2.45) is 5.41 Å². The molecule has 0 saturated heterocycles. The minimum Gasteiger partial charge on any atom is -0.559 e. The third kappa shape index (κ3) is 4.27. The van der Waals surface area contributed by atoms with Gasteiger partial charge in [-0.15, -0.1) is 0 Å². The second kappa shape index (κ2) is 3.72. The third-order valence-electron chi connectivity index (χ3n) is 1.50. The van der Waals surface area contributed by atoms with Crippen molar-refractivity contribution >= 4 is 10.3 Å². The molecule has 0 rings (SSSR count). The Morgan fingerprint density at radius 3 is 2.89 bits per heavy atom. The van der Waals surface area contributed by atoms with Gasteiger partial charge in [-0.1, -0.05) is 20.8 Å². The molecule has 0 amide bonds. The molecule has 0 bridgehead atoms. The molecule has 0 spiro atoms. The van der Waals surface area contributed by atoms with Gasteiger partial charge in [0.15, 0.2) is 0 Å². The smallest absolute Gasteiger partial charge is 0.203 e. The van der Waals surface area contributed by atoms with Gasteiger partial charge in [0, 0.05) is 0 Å². The zero-order valence-corrected chi connectivity index (χ0v) is 7.27. The van der Waals surface area contributed by atoms with Crippen molar-refractivity contribution in [2.75, 3.05) is 0 Å². The first-order valence-electron chi connectivity index (χ1n) is 4.62. The van der Waals surface area contributed by atoms with Crippen molar-refractivity contribution < 1.29 is 4.43 Å². The highest BCUT2D eigenvalue weighted by atomic mass is 28.2. The maximum atomic E-state index is 6.90. The predicted molar refractivity (Wildman–Crippen MR) is 44.2 cm³/mol. The highest BCUT2D eigenvalue weighted by Gasteiger charge is 2.08. The SMILES string of the molecule is [2H][Si]([2H])([2H])OC=CC(C)(C)CC. The van der Waals surface area contributed by atoms with E-state index in [9.17, 15) is 0 Å². The fourth-order valence-electron chi connectivity index (χ4n) is 0.336. The summed E-state index contributed by atoms with van der Waals surface area (Å²) in [5.41, 5.74) is 0.0274. The minimum absolute atomic E-state index is 0.0274. The van der Waals surface area contributed by atoms with E-state index in [4.69, 9.17) is 3.70 Å². The molecular weight excluding hydrogens is 128 g/mol. The summed E-state index contributed by atoms with van der Waals surface area (Å²) < 4.78 is 25.3. The van der Waals surface area contributed by atoms with Gasteiger partial charge in [0.2, 0.25) is 10.3 Å². The van der Waals surface area contributed by atoms with E-state index >= 15 is 0 Å². The van der Waals surface area contributed by atoms with Gasteiger partial charge in [0.25, 0.3) is 0 Å². The van der Waals surface area contributed by atoms with E-state index < -0.39 is 10.3 Å². The minimum atomic E-state index is -3.61. The lowest BCUT2D eigenvalue weighted by atomic mass is 9.91.